The molecule has 21 heavy (non-hydrogen) atoms. The molecular formula is C18H18N2O. The summed E-state index contributed by atoms with van der Waals surface area (Å²) in [5.74, 6) is 0.173. The first-order chi connectivity index (χ1) is 10.2. The highest BCUT2D eigenvalue weighted by atomic mass is 16.3. The summed E-state index contributed by atoms with van der Waals surface area (Å²) in [6.45, 7) is 2.08. The van der Waals surface area contributed by atoms with Crippen molar-refractivity contribution in [2.24, 2.45) is 4.99 Å². The molecule has 0 unspecified atom stereocenters. The van der Waals surface area contributed by atoms with Crippen LogP contribution in [0, 0.1) is 0 Å². The van der Waals surface area contributed by atoms with Gasteiger partial charge in [-0.25, -0.2) is 0 Å². The minimum absolute atomic E-state index is 0.167. The number of H-pyrrole nitrogens is 1. The molecule has 0 fully saturated rings. The highest BCUT2D eigenvalue weighted by Crippen LogP contribution is 2.25. The molecular weight excluding hydrogens is 260 g/mol. The van der Waals surface area contributed by atoms with Crippen LogP contribution >= 0.6 is 0 Å². The third-order valence-electron chi connectivity index (χ3n) is 3.56. The Bertz CT molecular complexity index is 759. The fourth-order valence-corrected chi connectivity index (χ4v) is 2.49. The number of para-hydroxylation sites is 1. The number of nitrogens with zero attached hydrogens (tertiary/aromatic N) is 1. The van der Waals surface area contributed by atoms with Crippen LogP contribution in [0.15, 0.2) is 59.6 Å². The van der Waals surface area contributed by atoms with Crippen molar-refractivity contribution in [2.45, 2.75) is 19.4 Å². The third kappa shape index (κ3) is 2.97. The lowest BCUT2D eigenvalue weighted by molar-refractivity contribution is 0.457. The molecule has 2 aromatic carbocycles. The van der Waals surface area contributed by atoms with Crippen molar-refractivity contribution in [3.8, 4) is 5.88 Å². The molecule has 3 aromatic rings. The van der Waals surface area contributed by atoms with Gasteiger partial charge in [0.1, 0.15) is 0 Å². The molecule has 0 amide bonds. The molecule has 1 heterocycles. The van der Waals surface area contributed by atoms with Crippen molar-refractivity contribution < 1.29 is 5.11 Å². The fourth-order valence-electron chi connectivity index (χ4n) is 2.49. The van der Waals surface area contributed by atoms with E-state index in [-0.39, 0.29) is 11.9 Å². The van der Waals surface area contributed by atoms with Gasteiger partial charge in [0.25, 0.3) is 0 Å². The number of aromatic nitrogens is 1. The summed E-state index contributed by atoms with van der Waals surface area (Å²) >= 11 is 0. The Hall–Kier alpha value is -2.55. The van der Waals surface area contributed by atoms with Gasteiger partial charge >= 0.3 is 0 Å². The van der Waals surface area contributed by atoms with Crippen molar-refractivity contribution in [2.75, 3.05) is 0 Å². The summed E-state index contributed by atoms with van der Waals surface area (Å²) in [5.41, 5.74) is 2.95. The van der Waals surface area contributed by atoms with Gasteiger partial charge in [-0.3, -0.25) is 4.99 Å². The molecule has 106 valence electrons. The van der Waals surface area contributed by atoms with E-state index in [1.165, 1.54) is 5.56 Å². The van der Waals surface area contributed by atoms with E-state index >= 15 is 0 Å². The number of aromatic amines is 1. The molecule has 0 bridgehead atoms. The van der Waals surface area contributed by atoms with Crippen LogP contribution in [-0.4, -0.2) is 22.3 Å². The van der Waals surface area contributed by atoms with Gasteiger partial charge in [-0.1, -0.05) is 48.5 Å². The van der Waals surface area contributed by atoms with Crippen LogP contribution < -0.4 is 0 Å². The maximum absolute atomic E-state index is 9.99. The van der Waals surface area contributed by atoms with E-state index < -0.39 is 0 Å². The normalized spacial score (nSPS) is 13.0. The summed E-state index contributed by atoms with van der Waals surface area (Å²) in [5, 5.41) is 11.0. The zero-order chi connectivity index (χ0) is 14.7. The van der Waals surface area contributed by atoms with Crippen LogP contribution in [0.25, 0.3) is 10.9 Å². The van der Waals surface area contributed by atoms with Gasteiger partial charge in [0, 0.05) is 17.1 Å². The van der Waals surface area contributed by atoms with E-state index in [1.807, 2.05) is 42.5 Å². The number of fused-ring (bicyclic) bond motifs is 1. The molecule has 2 N–H and O–H groups in total. The lowest BCUT2D eigenvalue weighted by Crippen LogP contribution is -2.03. The summed E-state index contributed by atoms with van der Waals surface area (Å²) in [4.78, 5) is 7.53. The number of benzene rings is 2. The van der Waals surface area contributed by atoms with Crippen LogP contribution in [0.4, 0.5) is 0 Å². The van der Waals surface area contributed by atoms with E-state index in [0.717, 1.165) is 22.9 Å². The number of aromatic hydroxyl groups is 1. The van der Waals surface area contributed by atoms with Crippen LogP contribution in [0.2, 0.25) is 0 Å². The molecule has 3 heteroatoms. The topological polar surface area (TPSA) is 48.4 Å². The highest BCUT2D eigenvalue weighted by Gasteiger charge is 2.08. The minimum atomic E-state index is 0.167. The molecule has 0 saturated heterocycles. The van der Waals surface area contributed by atoms with Crippen LogP contribution in [0.1, 0.15) is 18.1 Å². The molecule has 1 atom stereocenters. The van der Waals surface area contributed by atoms with Gasteiger partial charge in [-0.05, 0) is 25.0 Å². The molecule has 0 radical (unpaired) electrons. The monoisotopic (exact) mass is 278 g/mol. The second-order valence-electron chi connectivity index (χ2n) is 5.25. The quantitative estimate of drug-likeness (QED) is 0.698. The smallest absolute Gasteiger partial charge is 0.198 e. The first-order valence-electron chi connectivity index (χ1n) is 7.11. The molecule has 0 spiro atoms. The lowest BCUT2D eigenvalue weighted by Gasteiger charge is -2.05. The van der Waals surface area contributed by atoms with Gasteiger partial charge in [-0.15, -0.1) is 0 Å². The van der Waals surface area contributed by atoms with Gasteiger partial charge in [0.15, 0.2) is 5.88 Å². The average Bonchev–Trinajstić information content (AvgIpc) is 2.81. The molecule has 0 aliphatic rings. The number of aliphatic imine (C=N–C) groups is 1. The largest absolute Gasteiger partial charge is 0.494 e. The molecule has 1 aromatic heterocycles. The molecule has 3 rings (SSSR count). The summed E-state index contributed by atoms with van der Waals surface area (Å²) in [6, 6.07) is 18.3. The van der Waals surface area contributed by atoms with Crippen LogP contribution in [0.3, 0.4) is 0 Å². The molecule has 3 nitrogen and oxygen atoms in total. The zero-order valence-corrected chi connectivity index (χ0v) is 12.0. The summed E-state index contributed by atoms with van der Waals surface area (Å²) < 4.78 is 0. The van der Waals surface area contributed by atoms with Gasteiger partial charge < -0.3 is 10.1 Å². The zero-order valence-electron chi connectivity index (χ0n) is 12.0. The second-order valence-corrected chi connectivity index (χ2v) is 5.25. The lowest BCUT2D eigenvalue weighted by atomic mass is 10.1. The Morgan fingerprint density at radius 2 is 1.81 bits per heavy atom. The average molecular weight is 278 g/mol. The van der Waals surface area contributed by atoms with Crippen molar-refractivity contribution in [3.05, 3.63) is 65.7 Å². The number of nitrogens with one attached hydrogen (secondary N) is 1. The minimum Gasteiger partial charge on any atom is -0.494 e. The maximum Gasteiger partial charge on any atom is 0.198 e. The predicted molar refractivity (Wildman–Crippen MR) is 87.2 cm³/mol. The van der Waals surface area contributed by atoms with E-state index in [9.17, 15) is 5.11 Å². The Morgan fingerprint density at radius 3 is 2.62 bits per heavy atom. The fraction of sp³-hybridized carbons (Fsp3) is 0.167. The van der Waals surface area contributed by atoms with Crippen molar-refractivity contribution >= 4 is 17.1 Å². The first kappa shape index (κ1) is 13.4. The van der Waals surface area contributed by atoms with Gasteiger partial charge in [-0.2, -0.15) is 0 Å². The van der Waals surface area contributed by atoms with Gasteiger partial charge in [0.05, 0.1) is 11.6 Å². The summed E-state index contributed by atoms with van der Waals surface area (Å²) in [6.07, 6.45) is 2.65. The predicted octanol–water partition coefficient (Wildman–Crippen LogP) is 3.92. The second kappa shape index (κ2) is 5.83. The van der Waals surface area contributed by atoms with Crippen molar-refractivity contribution in [1.82, 2.24) is 4.98 Å². The Balaban J connectivity index is 1.80. The van der Waals surface area contributed by atoms with E-state index in [0.29, 0.717) is 0 Å². The van der Waals surface area contributed by atoms with E-state index in [1.54, 1.807) is 6.21 Å². The standard InChI is InChI=1S/C18H18N2O/c1-13(11-14-7-3-2-4-8-14)19-12-16-15-9-5-6-10-17(15)20-18(16)21/h2-10,12-13,20-21H,11H2,1H3/t13-/m1/s1. The Morgan fingerprint density at radius 1 is 1.10 bits per heavy atom. The van der Waals surface area contributed by atoms with E-state index in [2.05, 4.69) is 29.0 Å². The highest BCUT2D eigenvalue weighted by molar-refractivity contribution is 6.01. The van der Waals surface area contributed by atoms with Crippen LogP contribution in [-0.2, 0) is 6.42 Å². The number of hydrogen-bond acceptors (Lipinski definition) is 2. The van der Waals surface area contributed by atoms with Crippen molar-refractivity contribution in [3.63, 3.8) is 0 Å². The van der Waals surface area contributed by atoms with E-state index in [4.69, 9.17) is 0 Å². The number of rotatable bonds is 4. The first-order valence-corrected chi connectivity index (χ1v) is 7.11. The Labute approximate surface area is 124 Å². The van der Waals surface area contributed by atoms with Crippen LogP contribution in [0.5, 0.6) is 5.88 Å². The Kier molecular flexibility index (Phi) is 3.73. The SMILES string of the molecule is C[C@H](Cc1ccccc1)N=Cc1c(O)[nH]c2ccccc12. The third-order valence-corrected chi connectivity index (χ3v) is 3.56. The summed E-state index contributed by atoms with van der Waals surface area (Å²) in [7, 11) is 0. The molecule has 0 saturated carbocycles. The molecule has 0 aliphatic carbocycles. The van der Waals surface area contributed by atoms with Gasteiger partial charge in [0.2, 0.25) is 0 Å². The number of hydrogen-bond donors (Lipinski definition) is 2. The maximum atomic E-state index is 9.99. The van der Waals surface area contributed by atoms with Crippen molar-refractivity contribution in [1.29, 1.82) is 0 Å². The molecule has 0 aliphatic heterocycles.